The number of rotatable bonds is 6. The molecule has 1 aromatic rings. The highest BCUT2D eigenvalue weighted by Gasteiger charge is 2.23. The lowest BCUT2D eigenvalue weighted by atomic mass is 10.2. The zero-order chi connectivity index (χ0) is 14.5. The molecule has 1 saturated carbocycles. The van der Waals surface area contributed by atoms with E-state index in [1.54, 1.807) is 0 Å². The molecule has 2 aliphatic rings. The van der Waals surface area contributed by atoms with Crippen LogP contribution < -0.4 is 5.32 Å². The molecule has 0 radical (unpaired) electrons. The SMILES string of the molecule is O=C(CN1CCN(Cc2ccccn2)CC1)NCC1CC1. The van der Waals surface area contributed by atoms with Crippen LogP contribution in [0.4, 0.5) is 0 Å². The van der Waals surface area contributed by atoms with E-state index >= 15 is 0 Å². The second-order valence-corrected chi connectivity index (χ2v) is 6.12. The van der Waals surface area contributed by atoms with Crippen molar-refractivity contribution < 1.29 is 4.79 Å². The maximum Gasteiger partial charge on any atom is 0.234 e. The van der Waals surface area contributed by atoms with E-state index in [1.807, 2.05) is 18.3 Å². The van der Waals surface area contributed by atoms with Gasteiger partial charge in [-0.3, -0.25) is 19.6 Å². The Bertz CT molecular complexity index is 453. The molecule has 1 N–H and O–H groups in total. The number of amides is 1. The van der Waals surface area contributed by atoms with Crippen molar-refractivity contribution in [1.82, 2.24) is 20.1 Å². The summed E-state index contributed by atoms with van der Waals surface area (Å²) < 4.78 is 0. The second-order valence-electron chi connectivity index (χ2n) is 6.12. The Labute approximate surface area is 126 Å². The highest BCUT2D eigenvalue weighted by Crippen LogP contribution is 2.27. The van der Waals surface area contributed by atoms with E-state index in [2.05, 4.69) is 26.2 Å². The lowest BCUT2D eigenvalue weighted by Crippen LogP contribution is -2.49. The minimum absolute atomic E-state index is 0.181. The molecule has 1 aliphatic carbocycles. The van der Waals surface area contributed by atoms with Gasteiger partial charge in [-0.05, 0) is 30.9 Å². The maximum absolute atomic E-state index is 11.8. The third kappa shape index (κ3) is 4.79. The van der Waals surface area contributed by atoms with Crippen molar-refractivity contribution in [3.8, 4) is 0 Å². The standard InChI is InChI=1S/C16H24N4O/c21-16(18-11-14-4-5-14)13-20-9-7-19(8-10-20)12-15-3-1-2-6-17-15/h1-3,6,14H,4-5,7-13H2,(H,18,21). The van der Waals surface area contributed by atoms with Crippen molar-refractivity contribution in [2.75, 3.05) is 39.3 Å². The Kier molecular flexibility index (Phi) is 4.83. The quantitative estimate of drug-likeness (QED) is 0.838. The molecule has 0 aromatic carbocycles. The Balaban J connectivity index is 1.35. The molecule has 3 rings (SSSR count). The highest BCUT2D eigenvalue weighted by molar-refractivity contribution is 5.78. The number of carbonyl (C=O) groups excluding carboxylic acids is 1. The summed E-state index contributed by atoms with van der Waals surface area (Å²) in [4.78, 5) is 20.9. The number of piperazine rings is 1. The summed E-state index contributed by atoms with van der Waals surface area (Å²) >= 11 is 0. The summed E-state index contributed by atoms with van der Waals surface area (Å²) in [6.45, 7) is 6.26. The van der Waals surface area contributed by atoms with Crippen molar-refractivity contribution in [2.45, 2.75) is 19.4 Å². The Morgan fingerprint density at radius 1 is 1.19 bits per heavy atom. The lowest BCUT2D eigenvalue weighted by molar-refractivity contribution is -0.122. The van der Waals surface area contributed by atoms with E-state index in [0.29, 0.717) is 6.54 Å². The van der Waals surface area contributed by atoms with Crippen molar-refractivity contribution in [3.05, 3.63) is 30.1 Å². The van der Waals surface area contributed by atoms with Gasteiger partial charge in [0.15, 0.2) is 0 Å². The number of hydrogen-bond donors (Lipinski definition) is 1. The summed E-state index contributed by atoms with van der Waals surface area (Å²) in [5, 5.41) is 3.04. The van der Waals surface area contributed by atoms with Crippen LogP contribution in [0.3, 0.4) is 0 Å². The van der Waals surface area contributed by atoms with Crippen molar-refractivity contribution in [1.29, 1.82) is 0 Å². The molecular weight excluding hydrogens is 264 g/mol. The van der Waals surface area contributed by atoms with Crippen LogP contribution in [-0.4, -0.2) is 60.0 Å². The number of aromatic nitrogens is 1. The molecule has 0 unspecified atom stereocenters. The van der Waals surface area contributed by atoms with E-state index in [1.165, 1.54) is 12.8 Å². The minimum Gasteiger partial charge on any atom is -0.355 e. The van der Waals surface area contributed by atoms with E-state index in [-0.39, 0.29) is 5.91 Å². The van der Waals surface area contributed by atoms with Gasteiger partial charge in [-0.1, -0.05) is 6.07 Å². The van der Waals surface area contributed by atoms with Crippen LogP contribution in [0.2, 0.25) is 0 Å². The molecule has 1 aromatic heterocycles. The second kappa shape index (κ2) is 7.00. The molecule has 2 heterocycles. The van der Waals surface area contributed by atoms with Crippen LogP contribution >= 0.6 is 0 Å². The zero-order valence-corrected chi connectivity index (χ0v) is 12.5. The van der Waals surface area contributed by atoms with E-state index in [0.717, 1.165) is 50.9 Å². The van der Waals surface area contributed by atoms with Gasteiger partial charge >= 0.3 is 0 Å². The van der Waals surface area contributed by atoms with Gasteiger partial charge in [-0.2, -0.15) is 0 Å². The van der Waals surface area contributed by atoms with Gasteiger partial charge in [0.25, 0.3) is 0 Å². The van der Waals surface area contributed by atoms with Gasteiger partial charge in [-0.25, -0.2) is 0 Å². The summed E-state index contributed by atoms with van der Waals surface area (Å²) in [5.74, 6) is 0.934. The third-order valence-corrected chi connectivity index (χ3v) is 4.23. The monoisotopic (exact) mass is 288 g/mol. The average molecular weight is 288 g/mol. The van der Waals surface area contributed by atoms with Gasteiger partial charge in [0.05, 0.1) is 12.2 Å². The van der Waals surface area contributed by atoms with E-state index in [4.69, 9.17) is 0 Å². The number of nitrogens with zero attached hydrogens (tertiary/aromatic N) is 3. The molecule has 0 spiro atoms. The van der Waals surface area contributed by atoms with Crippen molar-refractivity contribution >= 4 is 5.91 Å². The first-order chi connectivity index (χ1) is 10.3. The molecule has 1 saturated heterocycles. The fourth-order valence-corrected chi connectivity index (χ4v) is 2.67. The molecule has 1 aliphatic heterocycles. The molecule has 5 heteroatoms. The Hall–Kier alpha value is -1.46. The Morgan fingerprint density at radius 3 is 2.62 bits per heavy atom. The molecule has 2 fully saturated rings. The topological polar surface area (TPSA) is 48.5 Å². The first-order valence-corrected chi connectivity index (χ1v) is 7.91. The predicted molar refractivity (Wildman–Crippen MR) is 81.7 cm³/mol. The van der Waals surface area contributed by atoms with Gasteiger partial charge in [0.1, 0.15) is 0 Å². The summed E-state index contributed by atoms with van der Waals surface area (Å²) in [7, 11) is 0. The van der Waals surface area contributed by atoms with Crippen molar-refractivity contribution in [2.24, 2.45) is 5.92 Å². The number of carbonyl (C=O) groups is 1. The fraction of sp³-hybridized carbons (Fsp3) is 0.625. The van der Waals surface area contributed by atoms with Crippen LogP contribution in [0.25, 0.3) is 0 Å². The van der Waals surface area contributed by atoms with Crippen molar-refractivity contribution in [3.63, 3.8) is 0 Å². The molecule has 1 amide bonds. The lowest BCUT2D eigenvalue weighted by Gasteiger charge is -2.34. The summed E-state index contributed by atoms with van der Waals surface area (Å²) in [6.07, 6.45) is 4.41. The first kappa shape index (κ1) is 14.5. The van der Waals surface area contributed by atoms with Gasteiger partial charge in [0.2, 0.25) is 5.91 Å². The van der Waals surface area contributed by atoms with Gasteiger partial charge in [-0.15, -0.1) is 0 Å². The Morgan fingerprint density at radius 2 is 1.95 bits per heavy atom. The maximum atomic E-state index is 11.8. The largest absolute Gasteiger partial charge is 0.355 e. The predicted octanol–water partition coefficient (Wildman–Crippen LogP) is 0.725. The van der Waals surface area contributed by atoms with Gasteiger partial charge < -0.3 is 5.32 Å². The smallest absolute Gasteiger partial charge is 0.234 e. The number of pyridine rings is 1. The van der Waals surface area contributed by atoms with E-state index in [9.17, 15) is 4.79 Å². The first-order valence-electron chi connectivity index (χ1n) is 7.91. The average Bonchev–Trinajstić information content (AvgIpc) is 3.33. The van der Waals surface area contributed by atoms with Crippen LogP contribution in [0, 0.1) is 5.92 Å². The molecule has 0 atom stereocenters. The molecule has 21 heavy (non-hydrogen) atoms. The van der Waals surface area contributed by atoms with Gasteiger partial charge in [0, 0.05) is 45.5 Å². The highest BCUT2D eigenvalue weighted by atomic mass is 16.2. The zero-order valence-electron chi connectivity index (χ0n) is 12.5. The summed E-state index contributed by atoms with van der Waals surface area (Å²) in [5.41, 5.74) is 1.12. The molecule has 5 nitrogen and oxygen atoms in total. The van der Waals surface area contributed by atoms with Crippen LogP contribution in [0.5, 0.6) is 0 Å². The number of hydrogen-bond acceptors (Lipinski definition) is 4. The van der Waals surface area contributed by atoms with Crippen LogP contribution in [0.1, 0.15) is 18.5 Å². The molecule has 114 valence electrons. The number of nitrogens with one attached hydrogen (secondary N) is 1. The molecule has 0 bridgehead atoms. The molecular formula is C16H24N4O. The minimum atomic E-state index is 0.181. The third-order valence-electron chi connectivity index (χ3n) is 4.23. The van der Waals surface area contributed by atoms with Crippen LogP contribution in [-0.2, 0) is 11.3 Å². The fourth-order valence-electron chi connectivity index (χ4n) is 2.67. The normalized spacial score (nSPS) is 20.4. The van der Waals surface area contributed by atoms with E-state index < -0.39 is 0 Å². The van der Waals surface area contributed by atoms with Crippen LogP contribution in [0.15, 0.2) is 24.4 Å². The summed E-state index contributed by atoms with van der Waals surface area (Å²) in [6, 6.07) is 6.04.